The van der Waals surface area contributed by atoms with Gasteiger partial charge in [0.2, 0.25) is 0 Å². The third-order valence-electron chi connectivity index (χ3n) is 8.38. The largest absolute Gasteiger partial charge is 0.393 e. The first-order valence-corrected chi connectivity index (χ1v) is 9.75. The monoisotopic (exact) mass is 326 g/mol. The second kappa shape index (κ2) is 5.46. The standard InChI is InChI=1S/C22H30O2/c1-4-5-14-12-16(23)13-15-6-7-17-18-8-9-20(24)21(18,2)11-10-19(17)22(14,15)3/h13-14,17-20,24H,6-12H2,1-3H3/t14?,17-,18-,19-,20-,21-,22-/m0/s1. The Bertz CT molecular complexity index is 651. The van der Waals surface area contributed by atoms with Gasteiger partial charge >= 0.3 is 0 Å². The van der Waals surface area contributed by atoms with Gasteiger partial charge in [0.25, 0.3) is 0 Å². The Balaban J connectivity index is 1.75. The Morgan fingerprint density at radius 2 is 1.96 bits per heavy atom. The lowest BCUT2D eigenvalue weighted by atomic mass is 9.45. The van der Waals surface area contributed by atoms with Gasteiger partial charge in [-0.25, -0.2) is 0 Å². The van der Waals surface area contributed by atoms with E-state index in [0.717, 1.165) is 19.3 Å². The molecule has 0 aromatic carbocycles. The van der Waals surface area contributed by atoms with Crippen molar-refractivity contribution in [3.05, 3.63) is 11.6 Å². The number of carbonyl (C=O) groups is 1. The minimum absolute atomic E-state index is 0.0642. The fourth-order valence-electron chi connectivity index (χ4n) is 6.99. The molecule has 4 aliphatic carbocycles. The summed E-state index contributed by atoms with van der Waals surface area (Å²) in [5.74, 6) is 8.92. The van der Waals surface area contributed by atoms with E-state index in [2.05, 4.69) is 25.7 Å². The second-order valence-electron chi connectivity index (χ2n) is 9.12. The lowest BCUT2D eigenvalue weighted by Crippen LogP contribution is -2.53. The minimum Gasteiger partial charge on any atom is -0.393 e. The quantitative estimate of drug-likeness (QED) is 0.680. The highest BCUT2D eigenvalue weighted by Gasteiger charge is 2.60. The van der Waals surface area contributed by atoms with Crippen LogP contribution in [0.5, 0.6) is 0 Å². The molecule has 4 aliphatic rings. The Kier molecular flexibility index (Phi) is 3.73. The van der Waals surface area contributed by atoms with Gasteiger partial charge in [-0.1, -0.05) is 25.3 Å². The highest BCUT2D eigenvalue weighted by atomic mass is 16.3. The van der Waals surface area contributed by atoms with Crippen molar-refractivity contribution in [2.75, 3.05) is 0 Å². The second-order valence-corrected chi connectivity index (χ2v) is 9.12. The third-order valence-corrected chi connectivity index (χ3v) is 8.38. The van der Waals surface area contributed by atoms with Gasteiger partial charge in [-0.15, -0.1) is 5.92 Å². The first-order chi connectivity index (χ1) is 11.4. The normalized spacial score (nSPS) is 50.1. The van der Waals surface area contributed by atoms with Crippen LogP contribution in [0.3, 0.4) is 0 Å². The van der Waals surface area contributed by atoms with E-state index in [0.29, 0.717) is 24.2 Å². The van der Waals surface area contributed by atoms with Gasteiger partial charge < -0.3 is 5.11 Å². The van der Waals surface area contributed by atoms with Crippen molar-refractivity contribution in [1.82, 2.24) is 0 Å². The molecule has 0 amide bonds. The molecule has 130 valence electrons. The van der Waals surface area contributed by atoms with Crippen LogP contribution >= 0.6 is 0 Å². The first-order valence-electron chi connectivity index (χ1n) is 9.75. The van der Waals surface area contributed by atoms with Crippen LogP contribution in [-0.4, -0.2) is 17.0 Å². The Labute approximate surface area is 146 Å². The summed E-state index contributed by atoms with van der Waals surface area (Å²) in [6, 6.07) is 0. The van der Waals surface area contributed by atoms with Crippen molar-refractivity contribution in [1.29, 1.82) is 0 Å². The van der Waals surface area contributed by atoms with Crippen LogP contribution in [0.15, 0.2) is 11.6 Å². The van der Waals surface area contributed by atoms with Crippen molar-refractivity contribution in [3.63, 3.8) is 0 Å². The molecule has 0 bridgehead atoms. The molecule has 3 fully saturated rings. The number of aliphatic hydroxyl groups is 1. The molecule has 0 aromatic heterocycles. The number of fused-ring (bicyclic) bond motifs is 5. The van der Waals surface area contributed by atoms with Gasteiger partial charge in [0.05, 0.1) is 6.10 Å². The summed E-state index contributed by atoms with van der Waals surface area (Å²) in [6.07, 6.45) is 9.13. The van der Waals surface area contributed by atoms with E-state index in [1.165, 1.54) is 24.8 Å². The van der Waals surface area contributed by atoms with Crippen molar-refractivity contribution >= 4 is 5.78 Å². The van der Waals surface area contributed by atoms with Crippen LogP contribution in [0.4, 0.5) is 0 Å². The van der Waals surface area contributed by atoms with E-state index in [9.17, 15) is 9.90 Å². The van der Waals surface area contributed by atoms with Crippen molar-refractivity contribution in [2.45, 2.75) is 71.8 Å². The van der Waals surface area contributed by atoms with Crippen molar-refractivity contribution < 1.29 is 9.90 Å². The maximum atomic E-state index is 12.2. The van der Waals surface area contributed by atoms with Crippen molar-refractivity contribution in [3.8, 4) is 11.8 Å². The number of rotatable bonds is 0. The molecule has 3 saturated carbocycles. The van der Waals surface area contributed by atoms with Crippen LogP contribution < -0.4 is 0 Å². The molecule has 1 unspecified atom stereocenters. The van der Waals surface area contributed by atoms with Gasteiger partial charge in [0, 0.05) is 17.8 Å². The number of aliphatic hydroxyl groups excluding tert-OH is 1. The fraction of sp³-hybridized carbons (Fsp3) is 0.773. The summed E-state index contributed by atoms with van der Waals surface area (Å²) in [7, 11) is 0. The number of hydrogen-bond donors (Lipinski definition) is 1. The molecule has 2 heteroatoms. The zero-order chi connectivity index (χ0) is 17.1. The molecular weight excluding hydrogens is 296 g/mol. The van der Waals surface area contributed by atoms with Gasteiger partial charge in [-0.05, 0) is 74.7 Å². The molecule has 0 heterocycles. The van der Waals surface area contributed by atoms with Crippen LogP contribution in [0.2, 0.25) is 0 Å². The van der Waals surface area contributed by atoms with E-state index >= 15 is 0 Å². The minimum atomic E-state index is -0.118. The maximum absolute atomic E-state index is 12.2. The summed E-state index contributed by atoms with van der Waals surface area (Å²) >= 11 is 0. The molecule has 1 N–H and O–H groups in total. The molecule has 0 aliphatic heterocycles. The van der Waals surface area contributed by atoms with Gasteiger partial charge in [-0.3, -0.25) is 4.79 Å². The summed E-state index contributed by atoms with van der Waals surface area (Å²) < 4.78 is 0. The summed E-state index contributed by atoms with van der Waals surface area (Å²) in [4.78, 5) is 12.2. The zero-order valence-corrected chi connectivity index (χ0v) is 15.3. The predicted molar refractivity (Wildman–Crippen MR) is 95.0 cm³/mol. The van der Waals surface area contributed by atoms with Gasteiger partial charge in [0.1, 0.15) is 0 Å². The van der Waals surface area contributed by atoms with E-state index in [1.807, 2.05) is 13.0 Å². The van der Waals surface area contributed by atoms with E-state index in [1.54, 1.807) is 0 Å². The molecule has 0 saturated heterocycles. The van der Waals surface area contributed by atoms with E-state index in [-0.39, 0.29) is 28.6 Å². The van der Waals surface area contributed by atoms with Crippen LogP contribution in [0, 0.1) is 46.3 Å². The molecule has 0 spiro atoms. The lowest BCUT2D eigenvalue weighted by molar-refractivity contribution is -0.120. The SMILES string of the molecule is CC#CC1CC(=O)C=C2CC[C@H]3[C@@H]4CC[C@H](O)[C@@]4(C)CC[C@@H]3[C@]21C. The number of allylic oxidation sites excluding steroid dienone is 1. The molecular formula is C22H30O2. The molecule has 24 heavy (non-hydrogen) atoms. The first kappa shape index (κ1) is 16.4. The average molecular weight is 326 g/mol. The molecule has 0 radical (unpaired) electrons. The summed E-state index contributed by atoms with van der Waals surface area (Å²) in [6.45, 7) is 6.62. The highest BCUT2D eigenvalue weighted by molar-refractivity contribution is 5.92. The molecule has 4 rings (SSSR count). The highest BCUT2D eigenvalue weighted by Crippen LogP contribution is 2.66. The number of hydrogen-bond acceptors (Lipinski definition) is 2. The summed E-state index contributed by atoms with van der Waals surface area (Å²) in [5, 5.41) is 10.6. The topological polar surface area (TPSA) is 37.3 Å². The zero-order valence-electron chi connectivity index (χ0n) is 15.3. The fourth-order valence-corrected chi connectivity index (χ4v) is 6.99. The van der Waals surface area contributed by atoms with Crippen molar-refractivity contribution in [2.24, 2.45) is 34.5 Å². The third kappa shape index (κ3) is 2.03. The molecule has 0 aromatic rings. The van der Waals surface area contributed by atoms with Crippen LogP contribution in [0.1, 0.15) is 65.7 Å². The Morgan fingerprint density at radius 3 is 2.71 bits per heavy atom. The number of ketones is 1. The predicted octanol–water partition coefficient (Wildman–Crippen LogP) is 4.13. The summed E-state index contributed by atoms with van der Waals surface area (Å²) in [5.41, 5.74) is 1.55. The Morgan fingerprint density at radius 1 is 1.17 bits per heavy atom. The van der Waals surface area contributed by atoms with Gasteiger partial charge in [0.15, 0.2) is 5.78 Å². The van der Waals surface area contributed by atoms with Crippen LogP contribution in [0.25, 0.3) is 0 Å². The number of carbonyl (C=O) groups excluding carboxylic acids is 1. The average Bonchev–Trinajstić information content (AvgIpc) is 2.84. The van der Waals surface area contributed by atoms with Crippen LogP contribution in [-0.2, 0) is 4.79 Å². The van der Waals surface area contributed by atoms with E-state index < -0.39 is 0 Å². The lowest BCUT2D eigenvalue weighted by Gasteiger charge is -2.59. The smallest absolute Gasteiger partial charge is 0.156 e. The van der Waals surface area contributed by atoms with Gasteiger partial charge in [-0.2, -0.15) is 0 Å². The molecule has 7 atom stereocenters. The molecule has 2 nitrogen and oxygen atoms in total. The maximum Gasteiger partial charge on any atom is 0.156 e. The van der Waals surface area contributed by atoms with E-state index in [4.69, 9.17) is 0 Å². The Hall–Kier alpha value is -1.07.